The maximum absolute atomic E-state index is 5.26. The number of rotatable bonds is 5. The SMILES string of the molecule is COc1ccc(Cc2ccc(-c3ccccc3)nc2-c2ccccc2)cc1. The molecule has 4 aromatic rings. The van der Waals surface area contributed by atoms with Crippen molar-refractivity contribution in [1.29, 1.82) is 0 Å². The number of aromatic nitrogens is 1. The summed E-state index contributed by atoms with van der Waals surface area (Å²) in [5.41, 5.74) is 6.75. The maximum Gasteiger partial charge on any atom is 0.118 e. The van der Waals surface area contributed by atoms with Crippen molar-refractivity contribution in [1.82, 2.24) is 4.98 Å². The predicted octanol–water partition coefficient (Wildman–Crippen LogP) is 6.02. The first-order chi connectivity index (χ1) is 13.3. The van der Waals surface area contributed by atoms with Crippen LogP contribution in [0.4, 0.5) is 0 Å². The van der Waals surface area contributed by atoms with E-state index < -0.39 is 0 Å². The van der Waals surface area contributed by atoms with Crippen LogP contribution in [0.25, 0.3) is 22.5 Å². The first kappa shape index (κ1) is 17.0. The van der Waals surface area contributed by atoms with Crippen LogP contribution in [0.2, 0.25) is 0 Å². The quantitative estimate of drug-likeness (QED) is 0.439. The van der Waals surface area contributed by atoms with Crippen molar-refractivity contribution >= 4 is 0 Å². The number of hydrogen-bond acceptors (Lipinski definition) is 2. The molecule has 0 spiro atoms. The van der Waals surface area contributed by atoms with E-state index in [-0.39, 0.29) is 0 Å². The summed E-state index contributed by atoms with van der Waals surface area (Å²) in [6.45, 7) is 0. The summed E-state index contributed by atoms with van der Waals surface area (Å²) >= 11 is 0. The van der Waals surface area contributed by atoms with E-state index in [2.05, 4.69) is 60.7 Å². The van der Waals surface area contributed by atoms with Gasteiger partial charge in [0, 0.05) is 11.1 Å². The fourth-order valence-electron chi connectivity index (χ4n) is 3.21. The molecule has 132 valence electrons. The Kier molecular flexibility index (Phi) is 4.97. The predicted molar refractivity (Wildman–Crippen MR) is 111 cm³/mol. The van der Waals surface area contributed by atoms with Crippen LogP contribution in [0.5, 0.6) is 5.75 Å². The zero-order valence-electron chi connectivity index (χ0n) is 15.3. The second-order valence-electron chi connectivity index (χ2n) is 6.46. The van der Waals surface area contributed by atoms with Crippen molar-refractivity contribution in [2.75, 3.05) is 7.11 Å². The molecule has 1 aromatic heterocycles. The van der Waals surface area contributed by atoms with Gasteiger partial charge in [0.15, 0.2) is 0 Å². The second-order valence-corrected chi connectivity index (χ2v) is 6.46. The van der Waals surface area contributed by atoms with Gasteiger partial charge in [-0.3, -0.25) is 0 Å². The molecule has 0 bridgehead atoms. The lowest BCUT2D eigenvalue weighted by Crippen LogP contribution is -1.97. The highest BCUT2D eigenvalue weighted by molar-refractivity contribution is 5.69. The lowest BCUT2D eigenvalue weighted by molar-refractivity contribution is 0.414. The molecule has 0 saturated carbocycles. The second kappa shape index (κ2) is 7.88. The van der Waals surface area contributed by atoms with Gasteiger partial charge < -0.3 is 4.74 Å². The van der Waals surface area contributed by atoms with Gasteiger partial charge >= 0.3 is 0 Å². The Morgan fingerprint density at radius 3 is 1.93 bits per heavy atom. The van der Waals surface area contributed by atoms with Crippen molar-refractivity contribution in [2.45, 2.75) is 6.42 Å². The lowest BCUT2D eigenvalue weighted by Gasteiger charge is -2.12. The van der Waals surface area contributed by atoms with Crippen LogP contribution in [0.3, 0.4) is 0 Å². The van der Waals surface area contributed by atoms with Crippen LogP contribution in [0.15, 0.2) is 97.1 Å². The molecule has 0 aliphatic rings. The molecule has 0 aliphatic carbocycles. The maximum atomic E-state index is 5.26. The summed E-state index contributed by atoms with van der Waals surface area (Å²) in [5, 5.41) is 0. The third-order valence-corrected chi connectivity index (χ3v) is 4.65. The summed E-state index contributed by atoms with van der Waals surface area (Å²) in [4.78, 5) is 5.02. The smallest absolute Gasteiger partial charge is 0.118 e. The molecule has 27 heavy (non-hydrogen) atoms. The molecule has 3 aromatic carbocycles. The molecule has 0 radical (unpaired) electrons. The fraction of sp³-hybridized carbons (Fsp3) is 0.0800. The van der Waals surface area contributed by atoms with Crippen LogP contribution >= 0.6 is 0 Å². The number of hydrogen-bond donors (Lipinski definition) is 0. The summed E-state index contributed by atoms with van der Waals surface area (Å²) in [6, 6.07) is 33.2. The Labute approximate surface area is 160 Å². The monoisotopic (exact) mass is 351 g/mol. The minimum absolute atomic E-state index is 0.830. The molecule has 2 heteroatoms. The molecule has 1 heterocycles. The van der Waals surface area contributed by atoms with E-state index in [4.69, 9.17) is 9.72 Å². The van der Waals surface area contributed by atoms with Crippen LogP contribution in [-0.4, -0.2) is 12.1 Å². The average Bonchev–Trinajstić information content (AvgIpc) is 2.76. The minimum Gasteiger partial charge on any atom is -0.497 e. The Bertz CT molecular complexity index is 1010. The molecule has 0 amide bonds. The first-order valence-electron chi connectivity index (χ1n) is 9.07. The Morgan fingerprint density at radius 1 is 0.667 bits per heavy atom. The van der Waals surface area contributed by atoms with Crippen molar-refractivity contribution in [3.8, 4) is 28.3 Å². The van der Waals surface area contributed by atoms with Crippen molar-refractivity contribution in [3.05, 3.63) is 108 Å². The number of nitrogens with zero attached hydrogens (tertiary/aromatic N) is 1. The third kappa shape index (κ3) is 3.90. The first-order valence-corrected chi connectivity index (χ1v) is 9.07. The average molecular weight is 351 g/mol. The number of pyridine rings is 1. The van der Waals surface area contributed by atoms with Crippen molar-refractivity contribution in [2.24, 2.45) is 0 Å². The third-order valence-electron chi connectivity index (χ3n) is 4.65. The summed E-state index contributed by atoms with van der Waals surface area (Å²) in [7, 11) is 1.69. The van der Waals surface area contributed by atoms with Gasteiger partial charge in [-0.05, 0) is 35.7 Å². The van der Waals surface area contributed by atoms with E-state index in [0.29, 0.717) is 0 Å². The molecule has 2 nitrogen and oxygen atoms in total. The zero-order valence-corrected chi connectivity index (χ0v) is 15.3. The molecular formula is C25H21NO. The van der Waals surface area contributed by atoms with Crippen LogP contribution in [0, 0.1) is 0 Å². The minimum atomic E-state index is 0.830. The van der Waals surface area contributed by atoms with Gasteiger partial charge in [0.05, 0.1) is 18.5 Å². The number of methoxy groups -OCH3 is 1. The fourth-order valence-corrected chi connectivity index (χ4v) is 3.21. The van der Waals surface area contributed by atoms with E-state index in [1.807, 2.05) is 36.4 Å². The topological polar surface area (TPSA) is 22.1 Å². The van der Waals surface area contributed by atoms with E-state index in [1.165, 1.54) is 11.1 Å². The number of benzene rings is 3. The van der Waals surface area contributed by atoms with Crippen molar-refractivity contribution < 1.29 is 4.74 Å². The Hall–Kier alpha value is -3.39. The van der Waals surface area contributed by atoms with Gasteiger partial charge in [0.2, 0.25) is 0 Å². The summed E-state index contributed by atoms with van der Waals surface area (Å²) in [5.74, 6) is 0.875. The van der Waals surface area contributed by atoms with Gasteiger partial charge in [-0.1, -0.05) is 78.9 Å². The van der Waals surface area contributed by atoms with Gasteiger partial charge in [-0.25, -0.2) is 4.98 Å². The summed E-state index contributed by atoms with van der Waals surface area (Å²) < 4.78 is 5.26. The highest BCUT2D eigenvalue weighted by Crippen LogP contribution is 2.28. The molecular weight excluding hydrogens is 330 g/mol. The lowest BCUT2D eigenvalue weighted by atomic mass is 9.98. The standard InChI is InChI=1S/C25H21NO/c1-27-23-15-12-19(13-16-23)18-22-14-17-24(20-8-4-2-5-9-20)26-25(22)21-10-6-3-7-11-21/h2-17H,18H2,1H3. The Balaban J connectivity index is 1.76. The highest BCUT2D eigenvalue weighted by Gasteiger charge is 2.10. The number of ether oxygens (including phenoxy) is 1. The van der Waals surface area contributed by atoms with Gasteiger partial charge in [0.25, 0.3) is 0 Å². The molecule has 0 atom stereocenters. The molecule has 0 unspecified atom stereocenters. The molecule has 4 rings (SSSR count). The van der Waals surface area contributed by atoms with Crippen LogP contribution in [0.1, 0.15) is 11.1 Å². The summed E-state index contributed by atoms with van der Waals surface area (Å²) in [6.07, 6.45) is 0.830. The molecule has 0 saturated heterocycles. The van der Waals surface area contributed by atoms with Gasteiger partial charge in [-0.2, -0.15) is 0 Å². The highest BCUT2D eigenvalue weighted by atomic mass is 16.5. The van der Waals surface area contributed by atoms with E-state index in [9.17, 15) is 0 Å². The normalized spacial score (nSPS) is 10.6. The zero-order chi connectivity index (χ0) is 18.5. The van der Waals surface area contributed by atoms with E-state index in [0.717, 1.165) is 34.7 Å². The van der Waals surface area contributed by atoms with Crippen LogP contribution in [-0.2, 0) is 6.42 Å². The van der Waals surface area contributed by atoms with Crippen LogP contribution < -0.4 is 4.74 Å². The largest absolute Gasteiger partial charge is 0.497 e. The molecule has 0 aliphatic heterocycles. The molecule has 0 N–H and O–H groups in total. The Morgan fingerprint density at radius 2 is 1.30 bits per heavy atom. The van der Waals surface area contributed by atoms with Gasteiger partial charge in [-0.15, -0.1) is 0 Å². The van der Waals surface area contributed by atoms with E-state index >= 15 is 0 Å². The van der Waals surface area contributed by atoms with E-state index in [1.54, 1.807) is 7.11 Å². The van der Waals surface area contributed by atoms with Crippen molar-refractivity contribution in [3.63, 3.8) is 0 Å². The van der Waals surface area contributed by atoms with Gasteiger partial charge in [0.1, 0.15) is 5.75 Å². The molecule has 0 fully saturated rings.